The minimum Gasteiger partial charge on any atom is -0.354 e. The Bertz CT molecular complexity index is 976. The number of benzene rings is 1. The van der Waals surface area contributed by atoms with Crippen molar-refractivity contribution in [3.8, 4) is 0 Å². The Labute approximate surface area is 159 Å². The van der Waals surface area contributed by atoms with Crippen LogP contribution in [0.3, 0.4) is 0 Å². The fourth-order valence-corrected chi connectivity index (χ4v) is 3.71. The van der Waals surface area contributed by atoms with Crippen LogP contribution in [0, 0.1) is 17.6 Å². The van der Waals surface area contributed by atoms with E-state index in [0.29, 0.717) is 42.8 Å². The molecular weight excluding hydrogens is 377 g/mol. The van der Waals surface area contributed by atoms with Gasteiger partial charge in [0.2, 0.25) is 0 Å². The molecular formula is C19H16ClF3N4. The molecule has 0 spiro atoms. The third kappa shape index (κ3) is 3.56. The van der Waals surface area contributed by atoms with Gasteiger partial charge in [0.1, 0.15) is 23.3 Å². The topological polar surface area (TPSA) is 41.9 Å². The van der Waals surface area contributed by atoms with Crippen molar-refractivity contribution in [1.82, 2.24) is 15.0 Å². The maximum atomic E-state index is 14.8. The van der Waals surface area contributed by atoms with Gasteiger partial charge in [-0.3, -0.25) is 4.98 Å². The van der Waals surface area contributed by atoms with Gasteiger partial charge in [0.25, 0.3) is 0 Å². The summed E-state index contributed by atoms with van der Waals surface area (Å²) in [5, 5.41) is 0.273. The third-order valence-electron chi connectivity index (χ3n) is 4.92. The van der Waals surface area contributed by atoms with E-state index in [9.17, 15) is 13.2 Å². The SMILES string of the molecule is Fc1ccc([C@H](F)C2CCN(c3nc4ccncc4nc3Cl)CC2)c(F)c1. The molecule has 140 valence electrons. The predicted molar refractivity (Wildman–Crippen MR) is 97.5 cm³/mol. The average molecular weight is 393 g/mol. The zero-order valence-corrected chi connectivity index (χ0v) is 15.0. The van der Waals surface area contributed by atoms with Crippen LogP contribution in [0.1, 0.15) is 24.6 Å². The fourth-order valence-electron chi connectivity index (χ4n) is 3.46. The molecule has 27 heavy (non-hydrogen) atoms. The van der Waals surface area contributed by atoms with E-state index in [-0.39, 0.29) is 16.6 Å². The Hall–Kier alpha value is -2.41. The van der Waals surface area contributed by atoms with Crippen molar-refractivity contribution >= 4 is 28.5 Å². The molecule has 8 heteroatoms. The van der Waals surface area contributed by atoms with Crippen molar-refractivity contribution < 1.29 is 13.2 Å². The Kier molecular flexibility index (Phi) is 4.86. The number of piperidine rings is 1. The Balaban J connectivity index is 1.49. The lowest BCUT2D eigenvalue weighted by Crippen LogP contribution is -2.36. The second kappa shape index (κ2) is 7.31. The standard InChI is InChI=1S/C19H16ClF3N4/c20-18-19(26-15-3-6-24-10-16(15)25-18)27-7-4-11(5-8-27)17(23)13-2-1-12(21)9-14(13)22/h1-3,6,9-11,17H,4-5,7-8H2/t17-/m1/s1. The van der Waals surface area contributed by atoms with Crippen LogP contribution in [0.15, 0.2) is 36.7 Å². The molecule has 1 atom stereocenters. The Morgan fingerprint density at radius 1 is 1.07 bits per heavy atom. The largest absolute Gasteiger partial charge is 0.354 e. The molecule has 0 saturated carbocycles. The zero-order chi connectivity index (χ0) is 19.0. The highest BCUT2D eigenvalue weighted by atomic mass is 35.5. The van der Waals surface area contributed by atoms with Crippen molar-refractivity contribution in [1.29, 1.82) is 0 Å². The number of pyridine rings is 1. The summed E-state index contributed by atoms with van der Waals surface area (Å²) in [7, 11) is 0. The van der Waals surface area contributed by atoms with Gasteiger partial charge in [-0.2, -0.15) is 0 Å². The highest BCUT2D eigenvalue weighted by Gasteiger charge is 2.30. The van der Waals surface area contributed by atoms with Crippen LogP contribution < -0.4 is 4.90 Å². The lowest BCUT2D eigenvalue weighted by Gasteiger charge is -2.34. The number of anilines is 1. The minimum absolute atomic E-state index is 0.0918. The van der Waals surface area contributed by atoms with E-state index < -0.39 is 17.8 Å². The summed E-state index contributed by atoms with van der Waals surface area (Å²) in [5.74, 6) is -1.35. The molecule has 0 amide bonds. The third-order valence-corrected chi connectivity index (χ3v) is 5.17. The summed E-state index contributed by atoms with van der Waals surface area (Å²) in [6, 6.07) is 4.74. The van der Waals surface area contributed by atoms with E-state index in [1.54, 1.807) is 18.5 Å². The van der Waals surface area contributed by atoms with E-state index in [2.05, 4.69) is 15.0 Å². The van der Waals surface area contributed by atoms with Gasteiger partial charge in [0, 0.05) is 30.9 Å². The fraction of sp³-hybridized carbons (Fsp3) is 0.316. The van der Waals surface area contributed by atoms with Crippen LogP contribution >= 0.6 is 11.6 Å². The number of hydrogen-bond donors (Lipinski definition) is 0. The summed E-state index contributed by atoms with van der Waals surface area (Å²) in [5.41, 5.74) is 1.20. The van der Waals surface area contributed by atoms with Crippen LogP contribution in [0.2, 0.25) is 5.15 Å². The van der Waals surface area contributed by atoms with Gasteiger partial charge in [-0.25, -0.2) is 23.1 Å². The predicted octanol–water partition coefficient (Wildman–Crippen LogP) is 4.88. The van der Waals surface area contributed by atoms with Gasteiger partial charge in [-0.05, 0) is 30.9 Å². The van der Waals surface area contributed by atoms with E-state index >= 15 is 0 Å². The normalized spacial score (nSPS) is 16.7. The zero-order valence-electron chi connectivity index (χ0n) is 14.2. The van der Waals surface area contributed by atoms with Gasteiger partial charge < -0.3 is 4.90 Å². The molecule has 1 aliphatic rings. The first-order chi connectivity index (χ1) is 13.0. The van der Waals surface area contributed by atoms with Crippen LogP contribution in [0.5, 0.6) is 0 Å². The summed E-state index contributed by atoms with van der Waals surface area (Å²) in [4.78, 5) is 14.8. The molecule has 2 aromatic heterocycles. The molecule has 3 aromatic rings. The van der Waals surface area contributed by atoms with Crippen molar-refractivity contribution in [2.24, 2.45) is 5.92 Å². The molecule has 0 N–H and O–H groups in total. The lowest BCUT2D eigenvalue weighted by molar-refractivity contribution is 0.193. The number of halogens is 4. The van der Waals surface area contributed by atoms with E-state index in [1.807, 2.05) is 4.90 Å². The van der Waals surface area contributed by atoms with Crippen LogP contribution in [0.4, 0.5) is 19.0 Å². The first-order valence-corrected chi connectivity index (χ1v) is 9.02. The number of hydrogen-bond acceptors (Lipinski definition) is 4. The van der Waals surface area contributed by atoms with E-state index in [4.69, 9.17) is 11.6 Å². The van der Waals surface area contributed by atoms with Gasteiger partial charge in [0.05, 0.1) is 11.7 Å². The van der Waals surface area contributed by atoms with Gasteiger partial charge in [0.15, 0.2) is 11.0 Å². The highest BCUT2D eigenvalue weighted by Crippen LogP contribution is 2.37. The van der Waals surface area contributed by atoms with Crippen molar-refractivity contribution in [3.05, 3.63) is 59.0 Å². The first kappa shape index (κ1) is 18.0. The molecule has 1 fully saturated rings. The number of fused-ring (bicyclic) bond motifs is 1. The van der Waals surface area contributed by atoms with E-state index in [0.717, 1.165) is 12.1 Å². The molecule has 3 heterocycles. The molecule has 0 aliphatic carbocycles. The highest BCUT2D eigenvalue weighted by molar-refractivity contribution is 6.32. The van der Waals surface area contributed by atoms with Crippen LogP contribution in [-0.2, 0) is 0 Å². The van der Waals surface area contributed by atoms with Gasteiger partial charge in [-0.1, -0.05) is 17.7 Å². The summed E-state index contributed by atoms with van der Waals surface area (Å²) in [6.45, 7) is 1.05. The molecule has 0 radical (unpaired) electrons. The molecule has 0 unspecified atom stereocenters. The summed E-state index contributed by atoms with van der Waals surface area (Å²) >= 11 is 6.26. The molecule has 4 rings (SSSR count). The number of nitrogens with zero attached hydrogens (tertiary/aromatic N) is 4. The Morgan fingerprint density at radius 2 is 1.85 bits per heavy atom. The average Bonchev–Trinajstić information content (AvgIpc) is 2.67. The smallest absolute Gasteiger partial charge is 0.172 e. The first-order valence-electron chi connectivity index (χ1n) is 8.64. The summed E-state index contributed by atoms with van der Waals surface area (Å²) in [6.07, 6.45) is 2.76. The Morgan fingerprint density at radius 3 is 2.59 bits per heavy atom. The maximum Gasteiger partial charge on any atom is 0.172 e. The number of rotatable bonds is 3. The van der Waals surface area contributed by atoms with Crippen molar-refractivity contribution in [2.45, 2.75) is 19.0 Å². The number of aromatic nitrogens is 3. The van der Waals surface area contributed by atoms with Crippen molar-refractivity contribution in [2.75, 3.05) is 18.0 Å². The molecule has 1 aliphatic heterocycles. The molecule has 0 bridgehead atoms. The summed E-state index contributed by atoms with van der Waals surface area (Å²) < 4.78 is 41.7. The molecule has 4 nitrogen and oxygen atoms in total. The van der Waals surface area contributed by atoms with E-state index in [1.165, 1.54) is 6.07 Å². The van der Waals surface area contributed by atoms with Crippen molar-refractivity contribution in [3.63, 3.8) is 0 Å². The van der Waals surface area contributed by atoms with Crippen LogP contribution in [0.25, 0.3) is 11.0 Å². The van der Waals surface area contributed by atoms with Gasteiger partial charge in [-0.15, -0.1) is 0 Å². The minimum atomic E-state index is -1.48. The van der Waals surface area contributed by atoms with Gasteiger partial charge >= 0.3 is 0 Å². The second-order valence-corrected chi connectivity index (χ2v) is 6.95. The van der Waals surface area contributed by atoms with Crippen LogP contribution in [-0.4, -0.2) is 28.0 Å². The monoisotopic (exact) mass is 392 g/mol. The maximum absolute atomic E-state index is 14.8. The quantitative estimate of drug-likeness (QED) is 0.636. The number of alkyl halides is 1. The molecule has 1 aromatic carbocycles. The molecule has 1 saturated heterocycles. The second-order valence-electron chi connectivity index (χ2n) is 6.59. The lowest BCUT2D eigenvalue weighted by atomic mass is 9.88.